The second kappa shape index (κ2) is 8.80. The average Bonchev–Trinajstić information content (AvgIpc) is 3.14. The standard InChI is InChI=1S/C20H18F3N3O3S/c1-11(10-27)26-17(28)13-7-16(19-25-8-12(2)30-19)18(24-9-13)29-15-5-3-14(4-6-15)20(21,22)23/h3-9,11,27H,10H2,1-2H3,(H,26,28)/t11-/m1/s1. The number of carbonyl (C=O) groups is 1. The number of hydrogen-bond acceptors (Lipinski definition) is 6. The zero-order chi connectivity index (χ0) is 21.9. The number of alkyl halides is 3. The van der Waals surface area contributed by atoms with Gasteiger partial charge >= 0.3 is 6.18 Å². The molecule has 0 unspecified atom stereocenters. The van der Waals surface area contributed by atoms with Crippen LogP contribution in [-0.2, 0) is 6.18 Å². The van der Waals surface area contributed by atoms with Crippen molar-refractivity contribution in [1.29, 1.82) is 0 Å². The molecule has 0 saturated heterocycles. The first kappa shape index (κ1) is 21.7. The molecule has 2 N–H and O–H groups in total. The Hall–Kier alpha value is -2.98. The number of nitrogens with zero attached hydrogens (tertiary/aromatic N) is 2. The van der Waals surface area contributed by atoms with Gasteiger partial charge in [0.2, 0.25) is 5.88 Å². The van der Waals surface area contributed by atoms with Crippen molar-refractivity contribution in [2.75, 3.05) is 6.61 Å². The van der Waals surface area contributed by atoms with Crippen LogP contribution < -0.4 is 10.1 Å². The van der Waals surface area contributed by atoms with Crippen LogP contribution in [0.25, 0.3) is 10.6 Å². The van der Waals surface area contributed by atoms with E-state index in [0.29, 0.717) is 10.6 Å². The smallest absolute Gasteiger partial charge is 0.416 e. The molecule has 0 aliphatic carbocycles. The number of aliphatic hydroxyl groups excluding tert-OH is 1. The van der Waals surface area contributed by atoms with Crippen molar-refractivity contribution in [3.63, 3.8) is 0 Å². The molecule has 0 aliphatic heterocycles. The first-order valence-electron chi connectivity index (χ1n) is 8.87. The Balaban J connectivity index is 1.94. The van der Waals surface area contributed by atoms with Crippen molar-refractivity contribution in [2.45, 2.75) is 26.1 Å². The lowest BCUT2D eigenvalue weighted by molar-refractivity contribution is -0.137. The predicted molar refractivity (Wildman–Crippen MR) is 106 cm³/mol. The van der Waals surface area contributed by atoms with E-state index in [0.717, 1.165) is 17.0 Å². The maximum atomic E-state index is 12.8. The van der Waals surface area contributed by atoms with E-state index in [-0.39, 0.29) is 23.8 Å². The second-order valence-electron chi connectivity index (χ2n) is 6.53. The molecule has 0 radical (unpaired) electrons. The summed E-state index contributed by atoms with van der Waals surface area (Å²) in [5.74, 6) is -0.161. The Morgan fingerprint density at radius 1 is 1.23 bits per heavy atom. The van der Waals surface area contributed by atoms with Crippen LogP contribution >= 0.6 is 11.3 Å². The van der Waals surface area contributed by atoms with E-state index in [1.165, 1.54) is 29.7 Å². The number of aromatic nitrogens is 2. The molecule has 10 heteroatoms. The topological polar surface area (TPSA) is 84.3 Å². The summed E-state index contributed by atoms with van der Waals surface area (Å²) in [7, 11) is 0. The molecule has 3 rings (SSSR count). The van der Waals surface area contributed by atoms with Gasteiger partial charge in [0.05, 0.1) is 23.3 Å². The summed E-state index contributed by atoms with van der Waals surface area (Å²) in [5, 5.41) is 12.3. The summed E-state index contributed by atoms with van der Waals surface area (Å²) in [6.45, 7) is 3.30. The van der Waals surface area contributed by atoms with Gasteiger partial charge in [-0.25, -0.2) is 9.97 Å². The van der Waals surface area contributed by atoms with E-state index in [9.17, 15) is 18.0 Å². The van der Waals surface area contributed by atoms with Gasteiger partial charge in [0.25, 0.3) is 5.91 Å². The molecular weight excluding hydrogens is 419 g/mol. The minimum atomic E-state index is -4.44. The normalized spacial score (nSPS) is 12.5. The highest BCUT2D eigenvalue weighted by Crippen LogP contribution is 2.36. The molecule has 2 heterocycles. The van der Waals surface area contributed by atoms with E-state index in [1.54, 1.807) is 19.2 Å². The lowest BCUT2D eigenvalue weighted by Gasteiger charge is -2.13. The van der Waals surface area contributed by atoms with Gasteiger partial charge < -0.3 is 15.2 Å². The van der Waals surface area contributed by atoms with Gasteiger partial charge in [-0.2, -0.15) is 13.2 Å². The number of nitrogens with one attached hydrogen (secondary N) is 1. The first-order valence-corrected chi connectivity index (χ1v) is 9.68. The molecule has 0 bridgehead atoms. The van der Waals surface area contributed by atoms with Crippen LogP contribution in [0, 0.1) is 6.92 Å². The lowest BCUT2D eigenvalue weighted by atomic mass is 10.1. The Morgan fingerprint density at radius 2 is 1.93 bits per heavy atom. The molecule has 3 aromatic rings. The van der Waals surface area contributed by atoms with Crippen molar-refractivity contribution >= 4 is 17.2 Å². The van der Waals surface area contributed by atoms with Crippen molar-refractivity contribution in [2.24, 2.45) is 0 Å². The van der Waals surface area contributed by atoms with E-state index in [2.05, 4.69) is 15.3 Å². The summed E-state index contributed by atoms with van der Waals surface area (Å²) >= 11 is 1.36. The fourth-order valence-electron chi connectivity index (χ4n) is 2.47. The van der Waals surface area contributed by atoms with Gasteiger partial charge in [-0.1, -0.05) is 0 Å². The van der Waals surface area contributed by atoms with Crippen LogP contribution in [-0.4, -0.2) is 33.6 Å². The quantitative estimate of drug-likeness (QED) is 0.596. The maximum Gasteiger partial charge on any atom is 0.416 e. The van der Waals surface area contributed by atoms with E-state index >= 15 is 0 Å². The van der Waals surface area contributed by atoms with Crippen LogP contribution in [0.15, 0.2) is 42.7 Å². The van der Waals surface area contributed by atoms with Gasteiger partial charge in [-0.05, 0) is 44.2 Å². The number of aryl methyl sites for hydroxylation is 1. The van der Waals surface area contributed by atoms with Crippen LogP contribution in [0.5, 0.6) is 11.6 Å². The number of carbonyl (C=O) groups excluding carboxylic acids is 1. The molecule has 1 aromatic carbocycles. The molecule has 1 atom stereocenters. The monoisotopic (exact) mass is 437 g/mol. The summed E-state index contributed by atoms with van der Waals surface area (Å²) in [5.41, 5.74) is -0.126. The fraction of sp³-hybridized carbons (Fsp3) is 0.250. The third-order valence-electron chi connectivity index (χ3n) is 4.01. The predicted octanol–water partition coefficient (Wildman–Crippen LogP) is 4.44. The molecule has 0 fully saturated rings. The summed E-state index contributed by atoms with van der Waals surface area (Å²) < 4.78 is 44.0. The Morgan fingerprint density at radius 3 is 2.50 bits per heavy atom. The zero-order valence-electron chi connectivity index (χ0n) is 16.0. The van der Waals surface area contributed by atoms with Crippen molar-refractivity contribution in [1.82, 2.24) is 15.3 Å². The van der Waals surface area contributed by atoms with Gasteiger partial charge in [0.1, 0.15) is 10.8 Å². The number of benzene rings is 1. The molecule has 6 nitrogen and oxygen atoms in total. The minimum absolute atomic E-state index is 0.107. The Labute approximate surface area is 174 Å². The van der Waals surface area contributed by atoms with Crippen molar-refractivity contribution < 1.29 is 27.8 Å². The number of amides is 1. The summed E-state index contributed by atoms with van der Waals surface area (Å²) in [6, 6.07) is 5.34. The highest BCUT2D eigenvalue weighted by Gasteiger charge is 2.30. The largest absolute Gasteiger partial charge is 0.438 e. The second-order valence-corrected chi connectivity index (χ2v) is 7.77. The minimum Gasteiger partial charge on any atom is -0.438 e. The number of aliphatic hydroxyl groups is 1. The highest BCUT2D eigenvalue weighted by atomic mass is 32.1. The van der Waals surface area contributed by atoms with Crippen LogP contribution in [0.4, 0.5) is 13.2 Å². The van der Waals surface area contributed by atoms with Crippen molar-refractivity contribution in [3.8, 4) is 22.2 Å². The third kappa shape index (κ3) is 5.14. The van der Waals surface area contributed by atoms with Gasteiger partial charge in [-0.3, -0.25) is 4.79 Å². The molecule has 1 amide bonds. The maximum absolute atomic E-state index is 12.8. The van der Waals surface area contributed by atoms with Gasteiger partial charge in [-0.15, -0.1) is 11.3 Å². The number of hydrogen-bond donors (Lipinski definition) is 2. The molecule has 158 valence electrons. The average molecular weight is 437 g/mol. The van der Waals surface area contributed by atoms with Gasteiger partial charge in [0.15, 0.2) is 0 Å². The van der Waals surface area contributed by atoms with E-state index < -0.39 is 23.7 Å². The molecule has 0 spiro atoms. The number of ether oxygens (including phenoxy) is 1. The van der Waals surface area contributed by atoms with Crippen LogP contribution in [0.2, 0.25) is 0 Å². The Bertz CT molecular complexity index is 1040. The molecule has 30 heavy (non-hydrogen) atoms. The van der Waals surface area contributed by atoms with E-state index in [1.807, 2.05) is 6.92 Å². The molecular formula is C20H18F3N3O3S. The fourth-order valence-corrected chi connectivity index (χ4v) is 3.24. The number of rotatable bonds is 6. The zero-order valence-corrected chi connectivity index (χ0v) is 16.8. The first-order chi connectivity index (χ1) is 14.2. The summed E-state index contributed by atoms with van der Waals surface area (Å²) in [6.07, 6.45) is -1.49. The number of halogens is 3. The third-order valence-corrected chi connectivity index (χ3v) is 4.96. The SMILES string of the molecule is Cc1cnc(-c2cc(C(=O)N[C@H](C)CO)cnc2Oc2ccc(C(F)(F)F)cc2)s1. The summed E-state index contributed by atoms with van der Waals surface area (Å²) in [4.78, 5) is 21.8. The molecule has 0 aliphatic rings. The van der Waals surface area contributed by atoms with Crippen LogP contribution in [0.1, 0.15) is 27.7 Å². The number of thiazole rings is 1. The highest BCUT2D eigenvalue weighted by molar-refractivity contribution is 7.15. The molecule has 0 saturated carbocycles. The molecule has 2 aromatic heterocycles. The van der Waals surface area contributed by atoms with Crippen LogP contribution in [0.3, 0.4) is 0 Å². The lowest BCUT2D eigenvalue weighted by Crippen LogP contribution is -2.35. The number of pyridine rings is 1. The Kier molecular flexibility index (Phi) is 6.37. The van der Waals surface area contributed by atoms with E-state index in [4.69, 9.17) is 9.84 Å². The van der Waals surface area contributed by atoms with Crippen molar-refractivity contribution in [3.05, 3.63) is 58.7 Å². The van der Waals surface area contributed by atoms with Gasteiger partial charge in [0, 0.05) is 23.3 Å².